The number of para-hydroxylation sites is 1. The Kier molecular flexibility index (Phi) is 4.73. The normalized spacial score (nSPS) is 12.2. The molecule has 2 aromatic carbocycles. The Morgan fingerprint density at radius 3 is 2.58 bits per heavy atom. The zero-order valence-electron chi connectivity index (χ0n) is 11.0. The van der Waals surface area contributed by atoms with Crippen molar-refractivity contribution in [2.24, 2.45) is 0 Å². The lowest BCUT2D eigenvalue weighted by Crippen LogP contribution is -1.99. The second-order valence-corrected chi connectivity index (χ2v) is 5.51. The molecule has 0 amide bonds. The van der Waals surface area contributed by atoms with E-state index in [2.05, 4.69) is 6.07 Å². The Morgan fingerprint density at radius 2 is 1.89 bits per heavy atom. The first-order valence-corrected chi connectivity index (χ1v) is 6.94. The van der Waals surface area contributed by atoms with Gasteiger partial charge in [0.1, 0.15) is 5.75 Å². The van der Waals surface area contributed by atoms with Crippen LogP contribution in [-0.4, -0.2) is 7.11 Å². The number of halogens is 2. The summed E-state index contributed by atoms with van der Waals surface area (Å²) in [4.78, 5) is 0. The molecular weight excluding hydrogens is 279 g/mol. The summed E-state index contributed by atoms with van der Waals surface area (Å²) < 4.78 is 5.34. The van der Waals surface area contributed by atoms with Crippen LogP contribution in [0.2, 0.25) is 5.02 Å². The van der Waals surface area contributed by atoms with Gasteiger partial charge in [0.25, 0.3) is 0 Å². The zero-order chi connectivity index (χ0) is 13.8. The van der Waals surface area contributed by atoms with Crippen LogP contribution in [0.4, 0.5) is 0 Å². The highest BCUT2D eigenvalue weighted by Gasteiger charge is 2.13. The first-order chi connectivity index (χ1) is 9.10. The van der Waals surface area contributed by atoms with E-state index in [-0.39, 0.29) is 5.38 Å². The predicted molar refractivity (Wildman–Crippen MR) is 81.5 cm³/mol. The number of alkyl halides is 1. The molecule has 0 spiro atoms. The van der Waals surface area contributed by atoms with Crippen LogP contribution in [0.1, 0.15) is 22.1 Å². The highest BCUT2D eigenvalue weighted by Crippen LogP contribution is 2.31. The van der Waals surface area contributed by atoms with Crippen molar-refractivity contribution < 1.29 is 4.74 Å². The van der Waals surface area contributed by atoms with Gasteiger partial charge in [-0.05, 0) is 48.2 Å². The van der Waals surface area contributed by atoms with Crippen LogP contribution in [0.15, 0.2) is 42.5 Å². The molecule has 1 nitrogen and oxygen atoms in total. The number of methoxy groups -OCH3 is 1. The summed E-state index contributed by atoms with van der Waals surface area (Å²) in [6.07, 6.45) is 0.714. The summed E-state index contributed by atoms with van der Waals surface area (Å²) in [7, 11) is 1.67. The van der Waals surface area contributed by atoms with E-state index >= 15 is 0 Å². The second kappa shape index (κ2) is 6.31. The molecular formula is C16H16Cl2O. The highest BCUT2D eigenvalue weighted by atomic mass is 35.5. The highest BCUT2D eigenvalue weighted by molar-refractivity contribution is 6.31. The quantitative estimate of drug-likeness (QED) is 0.706. The lowest BCUT2D eigenvalue weighted by Gasteiger charge is -2.14. The molecule has 2 aromatic rings. The minimum atomic E-state index is -0.117. The van der Waals surface area contributed by atoms with Gasteiger partial charge in [-0.15, -0.1) is 11.6 Å². The Balaban J connectivity index is 2.22. The summed E-state index contributed by atoms with van der Waals surface area (Å²) in [5, 5.41) is 0.606. The standard InChI is InChI=1S/C16H16Cl2O/c1-11-7-13(9-14(17)8-11)15(18)10-12-5-3-4-6-16(12)19-2/h3-9,15H,10H2,1-2H3. The summed E-state index contributed by atoms with van der Waals surface area (Å²) in [6, 6.07) is 13.8. The van der Waals surface area contributed by atoms with Gasteiger partial charge in [-0.2, -0.15) is 0 Å². The van der Waals surface area contributed by atoms with Crippen molar-refractivity contribution in [1.29, 1.82) is 0 Å². The van der Waals surface area contributed by atoms with Gasteiger partial charge in [0, 0.05) is 5.02 Å². The van der Waals surface area contributed by atoms with Gasteiger partial charge in [-0.1, -0.05) is 35.9 Å². The van der Waals surface area contributed by atoms with Crippen LogP contribution >= 0.6 is 23.2 Å². The zero-order valence-corrected chi connectivity index (χ0v) is 12.5. The van der Waals surface area contributed by atoms with E-state index in [9.17, 15) is 0 Å². The molecule has 1 atom stereocenters. The molecule has 0 heterocycles. The number of benzene rings is 2. The van der Waals surface area contributed by atoms with Gasteiger partial charge in [0.2, 0.25) is 0 Å². The van der Waals surface area contributed by atoms with Gasteiger partial charge in [0.05, 0.1) is 12.5 Å². The summed E-state index contributed by atoms with van der Waals surface area (Å²) >= 11 is 12.6. The fourth-order valence-electron chi connectivity index (χ4n) is 2.13. The average molecular weight is 295 g/mol. The minimum Gasteiger partial charge on any atom is -0.496 e. The van der Waals surface area contributed by atoms with Gasteiger partial charge >= 0.3 is 0 Å². The van der Waals surface area contributed by atoms with Gasteiger partial charge in [-0.3, -0.25) is 0 Å². The van der Waals surface area contributed by atoms with Crippen LogP contribution in [0.25, 0.3) is 0 Å². The van der Waals surface area contributed by atoms with Crippen molar-refractivity contribution in [2.45, 2.75) is 18.7 Å². The van der Waals surface area contributed by atoms with Crippen LogP contribution in [-0.2, 0) is 6.42 Å². The number of aryl methyl sites for hydroxylation is 1. The minimum absolute atomic E-state index is 0.117. The van der Waals surface area contributed by atoms with E-state index in [1.54, 1.807) is 7.11 Å². The van der Waals surface area contributed by atoms with Gasteiger partial charge in [0.15, 0.2) is 0 Å². The monoisotopic (exact) mass is 294 g/mol. The molecule has 3 heteroatoms. The number of ether oxygens (including phenoxy) is 1. The largest absolute Gasteiger partial charge is 0.496 e. The van der Waals surface area contributed by atoms with Crippen LogP contribution in [0.3, 0.4) is 0 Å². The molecule has 0 saturated heterocycles. The summed E-state index contributed by atoms with van der Waals surface area (Å²) in [5.74, 6) is 0.868. The van der Waals surface area contributed by atoms with Crippen molar-refractivity contribution >= 4 is 23.2 Å². The van der Waals surface area contributed by atoms with Crippen molar-refractivity contribution in [2.75, 3.05) is 7.11 Å². The third-order valence-electron chi connectivity index (χ3n) is 3.02. The Bertz CT molecular complexity index is 546. The molecule has 0 bridgehead atoms. The van der Waals surface area contributed by atoms with Gasteiger partial charge < -0.3 is 4.74 Å². The molecule has 2 rings (SSSR count). The van der Waals surface area contributed by atoms with E-state index in [0.717, 1.165) is 27.5 Å². The second-order valence-electron chi connectivity index (χ2n) is 4.55. The summed E-state index contributed by atoms with van der Waals surface area (Å²) in [5.41, 5.74) is 3.26. The lowest BCUT2D eigenvalue weighted by atomic mass is 10.0. The molecule has 19 heavy (non-hydrogen) atoms. The van der Waals surface area contributed by atoms with E-state index in [0.29, 0.717) is 6.42 Å². The van der Waals surface area contributed by atoms with Crippen molar-refractivity contribution in [3.8, 4) is 5.75 Å². The van der Waals surface area contributed by atoms with E-state index in [4.69, 9.17) is 27.9 Å². The van der Waals surface area contributed by atoms with Crippen LogP contribution in [0.5, 0.6) is 5.75 Å². The van der Waals surface area contributed by atoms with Crippen molar-refractivity contribution in [3.05, 3.63) is 64.2 Å². The smallest absolute Gasteiger partial charge is 0.122 e. The number of hydrogen-bond acceptors (Lipinski definition) is 1. The molecule has 0 aliphatic heterocycles. The Morgan fingerprint density at radius 1 is 1.16 bits per heavy atom. The third kappa shape index (κ3) is 3.65. The summed E-state index contributed by atoms with van der Waals surface area (Å²) in [6.45, 7) is 2.02. The maximum atomic E-state index is 6.50. The molecule has 1 unspecified atom stereocenters. The average Bonchev–Trinajstić information content (AvgIpc) is 2.38. The van der Waals surface area contributed by atoms with E-state index < -0.39 is 0 Å². The molecule has 0 aliphatic carbocycles. The van der Waals surface area contributed by atoms with Crippen molar-refractivity contribution in [3.63, 3.8) is 0 Å². The SMILES string of the molecule is COc1ccccc1CC(Cl)c1cc(C)cc(Cl)c1. The maximum Gasteiger partial charge on any atom is 0.122 e. The first kappa shape index (κ1) is 14.2. The predicted octanol–water partition coefficient (Wildman–Crippen LogP) is 5.18. The number of hydrogen-bond donors (Lipinski definition) is 0. The fraction of sp³-hybridized carbons (Fsp3) is 0.250. The fourth-order valence-corrected chi connectivity index (χ4v) is 2.72. The molecule has 100 valence electrons. The molecule has 0 saturated carbocycles. The topological polar surface area (TPSA) is 9.23 Å². The molecule has 0 radical (unpaired) electrons. The van der Waals surface area contributed by atoms with E-state index in [1.807, 2.05) is 43.3 Å². The first-order valence-electron chi connectivity index (χ1n) is 6.13. The lowest BCUT2D eigenvalue weighted by molar-refractivity contribution is 0.409. The van der Waals surface area contributed by atoms with Crippen LogP contribution in [0, 0.1) is 6.92 Å². The molecule has 0 fully saturated rings. The molecule has 0 aromatic heterocycles. The third-order valence-corrected chi connectivity index (χ3v) is 3.64. The Labute approximate surface area is 124 Å². The van der Waals surface area contributed by atoms with Crippen molar-refractivity contribution in [1.82, 2.24) is 0 Å². The molecule has 0 aliphatic rings. The Hall–Kier alpha value is -1.18. The number of rotatable bonds is 4. The van der Waals surface area contributed by atoms with Gasteiger partial charge in [-0.25, -0.2) is 0 Å². The molecule has 0 N–H and O–H groups in total. The van der Waals surface area contributed by atoms with Crippen LogP contribution < -0.4 is 4.74 Å². The maximum absolute atomic E-state index is 6.50. The van der Waals surface area contributed by atoms with E-state index in [1.165, 1.54) is 0 Å².